The average molecular weight is 403 g/mol. The van der Waals surface area contributed by atoms with E-state index in [0.717, 1.165) is 17.0 Å². The first-order chi connectivity index (χ1) is 10.1. The minimum atomic E-state index is -5.04. The van der Waals surface area contributed by atoms with E-state index in [0.29, 0.717) is 6.07 Å². The monoisotopic (exact) mass is 402 g/mol. The van der Waals surface area contributed by atoms with Crippen molar-refractivity contribution < 1.29 is 30.7 Å². The summed E-state index contributed by atoms with van der Waals surface area (Å²) >= 11 is 0. The summed E-state index contributed by atoms with van der Waals surface area (Å²) in [5.74, 6) is -1.86. The lowest BCUT2D eigenvalue weighted by atomic mass is 10.00. The van der Waals surface area contributed by atoms with Gasteiger partial charge in [-0.3, -0.25) is 4.90 Å². The number of rotatable bonds is 2. The molecular formula is C13H15Cl2F7N2. The van der Waals surface area contributed by atoms with E-state index in [-0.39, 0.29) is 51.0 Å². The second kappa shape index (κ2) is 8.55. The molecule has 0 aromatic heterocycles. The van der Waals surface area contributed by atoms with Gasteiger partial charge in [0.05, 0.1) is 5.56 Å². The Balaban J connectivity index is 0.00000264. The zero-order valence-corrected chi connectivity index (χ0v) is 13.7. The van der Waals surface area contributed by atoms with Crippen LogP contribution in [-0.4, -0.2) is 37.3 Å². The van der Waals surface area contributed by atoms with Crippen molar-refractivity contribution in [3.63, 3.8) is 0 Å². The number of hydrogen-bond donors (Lipinski definition) is 1. The van der Waals surface area contributed by atoms with E-state index in [1.54, 1.807) is 0 Å². The molecule has 1 aromatic rings. The highest BCUT2D eigenvalue weighted by atomic mass is 35.5. The molecule has 11 heteroatoms. The van der Waals surface area contributed by atoms with Crippen LogP contribution in [-0.2, 0) is 6.18 Å². The summed E-state index contributed by atoms with van der Waals surface area (Å²) in [7, 11) is 0. The Bertz CT molecular complexity index is 528. The van der Waals surface area contributed by atoms with Crippen molar-refractivity contribution in [1.29, 1.82) is 0 Å². The summed E-state index contributed by atoms with van der Waals surface area (Å²) < 4.78 is 92.0. The van der Waals surface area contributed by atoms with E-state index >= 15 is 0 Å². The predicted octanol–water partition coefficient (Wildman–Crippen LogP) is 4.20. The normalized spacial score (nSPS) is 17.6. The van der Waals surface area contributed by atoms with Gasteiger partial charge in [0.25, 0.3) is 0 Å². The fourth-order valence-electron chi connectivity index (χ4n) is 2.50. The standard InChI is InChI=1S/C13H13F7N2.2ClH/c14-10-8(2-1-3-9(10)12(15,16)17)11(13(18,19)20)22-6-4-21-5-7-22;;/h1-3,11,21H,4-7H2;2*1H/t11-;;/m1../s1. The van der Waals surface area contributed by atoms with E-state index in [9.17, 15) is 30.7 Å². The SMILES string of the molecule is Cl.Cl.Fc1c([C@@H](N2CCNCC2)C(F)(F)F)cccc1C(F)(F)F. The van der Waals surface area contributed by atoms with E-state index in [1.807, 2.05) is 0 Å². The number of nitrogens with one attached hydrogen (secondary N) is 1. The summed E-state index contributed by atoms with van der Waals surface area (Å²) in [6.07, 6.45) is -9.91. The lowest BCUT2D eigenvalue weighted by Gasteiger charge is -2.36. The van der Waals surface area contributed by atoms with Gasteiger partial charge in [0.15, 0.2) is 0 Å². The van der Waals surface area contributed by atoms with E-state index < -0.39 is 35.3 Å². The van der Waals surface area contributed by atoms with Crippen molar-refractivity contribution in [2.45, 2.75) is 18.4 Å². The first-order valence-corrected chi connectivity index (χ1v) is 6.49. The van der Waals surface area contributed by atoms with Crippen LogP contribution in [0.1, 0.15) is 17.2 Å². The topological polar surface area (TPSA) is 15.3 Å². The van der Waals surface area contributed by atoms with Crippen LogP contribution in [0.3, 0.4) is 0 Å². The zero-order chi connectivity index (χ0) is 16.5. The summed E-state index contributed by atoms with van der Waals surface area (Å²) in [6, 6.07) is -0.409. The van der Waals surface area contributed by atoms with Gasteiger partial charge in [0.1, 0.15) is 11.9 Å². The molecule has 1 N–H and O–H groups in total. The molecule has 2 nitrogen and oxygen atoms in total. The molecular weight excluding hydrogens is 388 g/mol. The van der Waals surface area contributed by atoms with Gasteiger partial charge in [-0.05, 0) is 6.07 Å². The third-order valence-corrected chi connectivity index (χ3v) is 3.46. The smallest absolute Gasteiger partial charge is 0.314 e. The summed E-state index contributed by atoms with van der Waals surface area (Å²) in [5.41, 5.74) is -2.68. The van der Waals surface area contributed by atoms with Crippen molar-refractivity contribution in [1.82, 2.24) is 10.2 Å². The molecule has 0 amide bonds. The van der Waals surface area contributed by atoms with Crippen molar-refractivity contribution in [3.05, 3.63) is 35.1 Å². The molecule has 0 bridgehead atoms. The summed E-state index contributed by atoms with van der Waals surface area (Å²) in [6.45, 7) is 0.458. The Labute approximate surface area is 146 Å². The van der Waals surface area contributed by atoms with Crippen LogP contribution in [0, 0.1) is 5.82 Å². The Kier molecular flexibility index (Phi) is 8.28. The third kappa shape index (κ3) is 5.11. The lowest BCUT2D eigenvalue weighted by molar-refractivity contribution is -0.189. The van der Waals surface area contributed by atoms with E-state index in [4.69, 9.17) is 0 Å². The van der Waals surface area contributed by atoms with Crippen LogP contribution in [0.5, 0.6) is 0 Å². The van der Waals surface area contributed by atoms with Crippen molar-refractivity contribution in [3.8, 4) is 0 Å². The van der Waals surface area contributed by atoms with Crippen LogP contribution >= 0.6 is 24.8 Å². The lowest BCUT2D eigenvalue weighted by Crippen LogP contribution is -2.49. The zero-order valence-electron chi connectivity index (χ0n) is 12.0. The fourth-order valence-corrected chi connectivity index (χ4v) is 2.50. The molecule has 24 heavy (non-hydrogen) atoms. The average Bonchev–Trinajstić information content (AvgIpc) is 2.39. The number of benzene rings is 1. The predicted molar refractivity (Wildman–Crippen MR) is 79.1 cm³/mol. The third-order valence-electron chi connectivity index (χ3n) is 3.46. The van der Waals surface area contributed by atoms with Gasteiger partial charge in [-0.25, -0.2) is 4.39 Å². The molecule has 1 aliphatic rings. The Morgan fingerprint density at radius 3 is 1.96 bits per heavy atom. The van der Waals surface area contributed by atoms with Gasteiger partial charge in [0.2, 0.25) is 0 Å². The van der Waals surface area contributed by atoms with Gasteiger partial charge < -0.3 is 5.32 Å². The fraction of sp³-hybridized carbons (Fsp3) is 0.538. The molecule has 2 rings (SSSR count). The molecule has 1 heterocycles. The molecule has 0 aliphatic carbocycles. The second-order valence-electron chi connectivity index (χ2n) is 4.94. The molecule has 1 atom stereocenters. The van der Waals surface area contributed by atoms with Gasteiger partial charge in [-0.2, -0.15) is 26.3 Å². The Hall–Kier alpha value is -0.770. The van der Waals surface area contributed by atoms with Crippen LogP contribution in [0.25, 0.3) is 0 Å². The first-order valence-electron chi connectivity index (χ1n) is 6.49. The number of piperazine rings is 1. The number of halogens is 9. The summed E-state index contributed by atoms with van der Waals surface area (Å²) in [5, 5.41) is 2.84. The highest BCUT2D eigenvalue weighted by Crippen LogP contribution is 2.41. The van der Waals surface area contributed by atoms with E-state index in [1.165, 1.54) is 0 Å². The molecule has 1 fully saturated rings. The van der Waals surface area contributed by atoms with Gasteiger partial charge in [-0.15, -0.1) is 24.8 Å². The quantitative estimate of drug-likeness (QED) is 0.745. The first kappa shape index (κ1) is 23.2. The number of hydrogen-bond acceptors (Lipinski definition) is 2. The van der Waals surface area contributed by atoms with E-state index in [2.05, 4.69) is 5.32 Å². The van der Waals surface area contributed by atoms with Gasteiger partial charge in [0, 0.05) is 31.7 Å². The molecule has 0 saturated carbocycles. The summed E-state index contributed by atoms with van der Waals surface area (Å²) in [4.78, 5) is 0.940. The molecule has 0 radical (unpaired) electrons. The minimum absolute atomic E-state index is 0. The maximum atomic E-state index is 14.0. The van der Waals surface area contributed by atoms with Crippen LogP contribution in [0.4, 0.5) is 30.7 Å². The largest absolute Gasteiger partial charge is 0.419 e. The van der Waals surface area contributed by atoms with Crippen molar-refractivity contribution in [2.75, 3.05) is 26.2 Å². The van der Waals surface area contributed by atoms with Gasteiger partial charge >= 0.3 is 12.4 Å². The molecule has 140 valence electrons. The number of alkyl halides is 6. The Morgan fingerprint density at radius 2 is 1.50 bits per heavy atom. The minimum Gasteiger partial charge on any atom is -0.314 e. The van der Waals surface area contributed by atoms with Crippen LogP contribution in [0.15, 0.2) is 18.2 Å². The van der Waals surface area contributed by atoms with Crippen molar-refractivity contribution in [2.24, 2.45) is 0 Å². The molecule has 0 spiro atoms. The van der Waals surface area contributed by atoms with Crippen LogP contribution in [0.2, 0.25) is 0 Å². The molecule has 1 saturated heterocycles. The maximum absolute atomic E-state index is 14.0. The molecule has 0 unspecified atom stereocenters. The van der Waals surface area contributed by atoms with Crippen molar-refractivity contribution >= 4 is 24.8 Å². The molecule has 1 aromatic carbocycles. The number of nitrogens with zero attached hydrogens (tertiary/aromatic N) is 1. The maximum Gasteiger partial charge on any atom is 0.419 e. The van der Waals surface area contributed by atoms with Gasteiger partial charge in [-0.1, -0.05) is 12.1 Å². The Morgan fingerprint density at radius 1 is 0.958 bits per heavy atom. The molecule has 1 aliphatic heterocycles. The highest BCUT2D eigenvalue weighted by molar-refractivity contribution is 5.85. The highest BCUT2D eigenvalue weighted by Gasteiger charge is 2.47. The van der Waals surface area contributed by atoms with Crippen LogP contribution < -0.4 is 5.32 Å². The second-order valence-corrected chi connectivity index (χ2v) is 4.94.